The molecule has 0 spiro atoms. The van der Waals surface area contributed by atoms with Gasteiger partial charge >= 0.3 is 0 Å². The number of benzene rings is 6. The van der Waals surface area contributed by atoms with Gasteiger partial charge in [-0.2, -0.15) is 0 Å². The first kappa shape index (κ1) is 47.7. The van der Waals surface area contributed by atoms with Crippen LogP contribution in [0.3, 0.4) is 0 Å². The highest BCUT2D eigenvalue weighted by Crippen LogP contribution is 2.52. The molecule has 1 aromatic heterocycles. The van der Waals surface area contributed by atoms with Crippen molar-refractivity contribution in [2.45, 2.75) is 13.2 Å². The fourth-order valence-corrected chi connectivity index (χ4v) is 9.21. The molecule has 8 nitrogen and oxygen atoms in total. The predicted octanol–water partition coefficient (Wildman–Crippen LogP) is 12.1. The summed E-state index contributed by atoms with van der Waals surface area (Å²) in [4.78, 5) is 2.27. The van der Waals surface area contributed by atoms with Gasteiger partial charge in [0, 0.05) is 46.2 Å². The number of rotatable bonds is 28. The molecule has 0 radical (unpaired) electrons. The van der Waals surface area contributed by atoms with Crippen molar-refractivity contribution in [1.82, 2.24) is 0 Å². The first-order valence-corrected chi connectivity index (χ1v) is 23.2. The van der Waals surface area contributed by atoms with E-state index in [0.29, 0.717) is 92.5 Å². The SMILES string of the molecule is COCCOCCOCCOCc1c(-c2c(-c3ccccc3)cccc2-c2ccccc2)sc(-c2c(-c3ccccc3)cccc2-c2ccccc2)c1COCCOCCOCCOC. The van der Waals surface area contributed by atoms with Gasteiger partial charge in [-0.25, -0.2) is 0 Å². The number of hydrogen-bond acceptors (Lipinski definition) is 9. The number of ether oxygens (including phenoxy) is 8. The Kier molecular flexibility index (Phi) is 19.5. The van der Waals surface area contributed by atoms with Crippen LogP contribution in [0.2, 0.25) is 0 Å². The Hall–Kier alpha value is -5.30. The summed E-state index contributed by atoms with van der Waals surface area (Å²) >= 11 is 1.81. The lowest BCUT2D eigenvalue weighted by molar-refractivity contribution is -0.00150. The van der Waals surface area contributed by atoms with E-state index in [0.717, 1.165) is 76.5 Å². The average molecular weight is 893 g/mol. The van der Waals surface area contributed by atoms with Crippen LogP contribution in [0.4, 0.5) is 0 Å². The first-order chi connectivity index (χ1) is 32.3. The predicted molar refractivity (Wildman–Crippen MR) is 263 cm³/mol. The summed E-state index contributed by atoms with van der Waals surface area (Å²) in [6.07, 6.45) is 0. The molecule has 0 saturated carbocycles. The molecule has 7 rings (SSSR count). The summed E-state index contributed by atoms with van der Waals surface area (Å²) < 4.78 is 46.7. The lowest BCUT2D eigenvalue weighted by Crippen LogP contribution is -2.12. The van der Waals surface area contributed by atoms with Crippen LogP contribution in [0.25, 0.3) is 65.4 Å². The summed E-state index contributed by atoms with van der Waals surface area (Å²) in [5.74, 6) is 0. The zero-order valence-electron chi connectivity index (χ0n) is 37.6. The number of thiophene rings is 1. The van der Waals surface area contributed by atoms with Crippen LogP contribution in [0, 0.1) is 0 Å². The maximum Gasteiger partial charge on any atom is 0.0736 e. The minimum absolute atomic E-state index is 0.346. The van der Waals surface area contributed by atoms with Gasteiger partial charge in [0.2, 0.25) is 0 Å². The lowest BCUT2D eigenvalue weighted by atomic mass is 9.87. The molecule has 0 N–H and O–H groups in total. The van der Waals surface area contributed by atoms with Crippen molar-refractivity contribution in [1.29, 1.82) is 0 Å². The molecule has 65 heavy (non-hydrogen) atoms. The highest BCUT2D eigenvalue weighted by atomic mass is 32.1. The third-order valence-corrected chi connectivity index (χ3v) is 12.2. The minimum atomic E-state index is 0.346. The molecule has 6 aromatic carbocycles. The Morgan fingerprint density at radius 1 is 0.292 bits per heavy atom. The molecule has 0 amide bonds. The summed E-state index contributed by atoms with van der Waals surface area (Å²) in [6.45, 7) is 6.51. The Balaban J connectivity index is 1.37. The van der Waals surface area contributed by atoms with Gasteiger partial charge in [0.05, 0.1) is 92.5 Å². The normalized spacial score (nSPS) is 11.4. The lowest BCUT2D eigenvalue weighted by Gasteiger charge is -2.18. The largest absolute Gasteiger partial charge is 0.382 e. The molecule has 0 aliphatic rings. The van der Waals surface area contributed by atoms with Crippen LogP contribution in [0.5, 0.6) is 0 Å². The molecule has 0 atom stereocenters. The first-order valence-electron chi connectivity index (χ1n) is 22.4. The molecule has 7 aromatic rings. The monoisotopic (exact) mass is 892 g/mol. The Morgan fingerprint density at radius 3 is 0.831 bits per heavy atom. The Morgan fingerprint density at radius 2 is 0.554 bits per heavy atom. The molecule has 0 unspecified atom stereocenters. The third-order valence-electron chi connectivity index (χ3n) is 10.9. The number of hydrogen-bond donors (Lipinski definition) is 0. The molecule has 0 bridgehead atoms. The van der Waals surface area contributed by atoms with E-state index in [1.807, 2.05) is 11.3 Å². The highest BCUT2D eigenvalue weighted by Gasteiger charge is 2.28. The van der Waals surface area contributed by atoms with Gasteiger partial charge in [-0.1, -0.05) is 158 Å². The zero-order valence-corrected chi connectivity index (χ0v) is 38.4. The van der Waals surface area contributed by atoms with E-state index >= 15 is 0 Å². The van der Waals surface area contributed by atoms with E-state index in [2.05, 4.69) is 158 Å². The summed E-state index contributed by atoms with van der Waals surface area (Å²) in [6, 6.07) is 56.0. The molecular formula is C56H60O8S. The minimum Gasteiger partial charge on any atom is -0.382 e. The van der Waals surface area contributed by atoms with Crippen molar-refractivity contribution in [3.8, 4) is 65.4 Å². The van der Waals surface area contributed by atoms with Crippen LogP contribution in [-0.4, -0.2) is 93.5 Å². The van der Waals surface area contributed by atoms with Crippen LogP contribution in [0.1, 0.15) is 11.1 Å². The van der Waals surface area contributed by atoms with Crippen molar-refractivity contribution < 1.29 is 37.9 Å². The molecule has 1 heterocycles. The van der Waals surface area contributed by atoms with Crippen molar-refractivity contribution in [3.63, 3.8) is 0 Å². The van der Waals surface area contributed by atoms with Crippen molar-refractivity contribution >= 4 is 11.3 Å². The second-order valence-electron chi connectivity index (χ2n) is 15.2. The maximum atomic E-state index is 6.66. The van der Waals surface area contributed by atoms with E-state index in [1.165, 1.54) is 0 Å². The maximum absolute atomic E-state index is 6.66. The summed E-state index contributed by atoms with van der Waals surface area (Å²) in [7, 11) is 3.34. The fraction of sp³-hybridized carbons (Fsp3) is 0.286. The smallest absolute Gasteiger partial charge is 0.0736 e. The van der Waals surface area contributed by atoms with E-state index in [4.69, 9.17) is 37.9 Å². The van der Waals surface area contributed by atoms with Crippen LogP contribution in [-0.2, 0) is 51.1 Å². The van der Waals surface area contributed by atoms with Gasteiger partial charge in [0.1, 0.15) is 0 Å². The van der Waals surface area contributed by atoms with Gasteiger partial charge in [0.25, 0.3) is 0 Å². The number of methoxy groups -OCH3 is 2. The second kappa shape index (κ2) is 26.6. The van der Waals surface area contributed by atoms with Gasteiger partial charge in [0.15, 0.2) is 0 Å². The van der Waals surface area contributed by atoms with Gasteiger partial charge in [-0.05, 0) is 44.5 Å². The molecule has 0 aliphatic heterocycles. The highest BCUT2D eigenvalue weighted by molar-refractivity contribution is 7.19. The average Bonchev–Trinajstić information content (AvgIpc) is 3.72. The van der Waals surface area contributed by atoms with Crippen molar-refractivity contribution in [2.75, 3.05) is 93.5 Å². The van der Waals surface area contributed by atoms with E-state index in [9.17, 15) is 0 Å². The molecule has 0 saturated heterocycles. The molecule has 9 heteroatoms. The zero-order chi connectivity index (χ0) is 44.7. The van der Waals surface area contributed by atoms with Crippen LogP contribution >= 0.6 is 11.3 Å². The Labute approximate surface area is 388 Å². The van der Waals surface area contributed by atoms with E-state index in [-0.39, 0.29) is 0 Å². The molecular weight excluding hydrogens is 833 g/mol. The van der Waals surface area contributed by atoms with E-state index < -0.39 is 0 Å². The summed E-state index contributed by atoms with van der Waals surface area (Å²) in [5.41, 5.74) is 13.6. The second-order valence-corrected chi connectivity index (χ2v) is 16.2. The molecule has 0 aliphatic carbocycles. The molecule has 338 valence electrons. The van der Waals surface area contributed by atoms with Crippen molar-refractivity contribution in [2.24, 2.45) is 0 Å². The topological polar surface area (TPSA) is 73.8 Å². The van der Waals surface area contributed by atoms with Gasteiger partial charge in [-0.15, -0.1) is 11.3 Å². The quantitative estimate of drug-likeness (QED) is 0.0450. The van der Waals surface area contributed by atoms with Crippen molar-refractivity contribution in [3.05, 3.63) is 169 Å². The van der Waals surface area contributed by atoms with Crippen LogP contribution in [0.15, 0.2) is 158 Å². The van der Waals surface area contributed by atoms with E-state index in [1.54, 1.807) is 14.2 Å². The van der Waals surface area contributed by atoms with Gasteiger partial charge < -0.3 is 37.9 Å². The third kappa shape index (κ3) is 13.4. The van der Waals surface area contributed by atoms with Crippen LogP contribution < -0.4 is 0 Å². The standard InChI is InChI=1S/C56H60O8S/c1-57-29-31-59-33-35-61-37-39-63-41-51-52(42-64-40-38-62-36-34-60-32-30-58-2)56(54-49(45-21-11-5-12-22-45)27-16-28-50(54)46-23-13-6-14-24-46)65-55(51)53-47(43-17-7-3-8-18-43)25-15-26-48(53)44-19-9-4-10-20-44/h3-28H,29-42H2,1-2H3. The Bertz CT molecular complexity index is 2140. The summed E-state index contributed by atoms with van der Waals surface area (Å²) in [5, 5.41) is 0. The van der Waals surface area contributed by atoms with Gasteiger partial charge in [-0.3, -0.25) is 0 Å². The molecule has 0 fully saturated rings. The fourth-order valence-electron chi connectivity index (χ4n) is 7.75.